The molecule has 4 heterocycles. The molecule has 5 rings (SSSR count). The molecule has 3 aromatic rings. The van der Waals surface area contributed by atoms with Crippen molar-refractivity contribution >= 4 is 40.8 Å². The van der Waals surface area contributed by atoms with E-state index >= 15 is 0 Å². The molecule has 1 aliphatic carbocycles. The largest absolute Gasteiger partial charge is 0.382 e. The first kappa shape index (κ1) is 19.9. The predicted molar refractivity (Wildman–Crippen MR) is 121 cm³/mol. The van der Waals surface area contributed by atoms with Gasteiger partial charge >= 0.3 is 0 Å². The summed E-state index contributed by atoms with van der Waals surface area (Å²) in [6, 6.07) is 2.21. The summed E-state index contributed by atoms with van der Waals surface area (Å²) in [5.74, 6) is 1.28. The van der Waals surface area contributed by atoms with Gasteiger partial charge in [0.05, 0.1) is 15.6 Å². The number of fused-ring (bicyclic) bond motifs is 1. The molecular weight excluding hydrogens is 418 g/mol. The van der Waals surface area contributed by atoms with Gasteiger partial charge in [0, 0.05) is 42.6 Å². The van der Waals surface area contributed by atoms with Crippen LogP contribution >= 0.6 is 23.4 Å². The summed E-state index contributed by atoms with van der Waals surface area (Å²) in [4.78, 5) is 17.9. The van der Waals surface area contributed by atoms with Crippen LogP contribution in [0.4, 0.5) is 11.8 Å². The molecule has 1 atom stereocenters. The molecule has 1 saturated carbocycles. The van der Waals surface area contributed by atoms with Crippen LogP contribution in [0.5, 0.6) is 0 Å². The number of nitrogens with zero attached hydrogens (tertiary/aromatic N) is 5. The normalized spacial score (nSPS) is 21.0. The maximum Gasteiger partial charge on any atom is 0.211 e. The number of hydrogen-bond acceptors (Lipinski definition) is 7. The first-order valence-corrected chi connectivity index (χ1v) is 11.6. The number of anilines is 2. The lowest BCUT2D eigenvalue weighted by Crippen LogP contribution is -2.47. The van der Waals surface area contributed by atoms with Gasteiger partial charge in [-0.3, -0.25) is 4.40 Å². The minimum absolute atomic E-state index is 0.327. The Hall–Kier alpha value is -2.03. The molecule has 0 amide bonds. The van der Waals surface area contributed by atoms with E-state index in [0.29, 0.717) is 22.3 Å². The second-order valence-electron chi connectivity index (χ2n) is 8.41. The van der Waals surface area contributed by atoms with E-state index in [2.05, 4.69) is 19.3 Å². The predicted octanol–water partition coefficient (Wildman–Crippen LogP) is 3.92. The molecule has 0 unspecified atom stereocenters. The summed E-state index contributed by atoms with van der Waals surface area (Å²) < 4.78 is 2.08. The van der Waals surface area contributed by atoms with E-state index in [0.717, 1.165) is 59.4 Å². The molecule has 2 fully saturated rings. The van der Waals surface area contributed by atoms with Crippen molar-refractivity contribution < 1.29 is 0 Å². The molecule has 30 heavy (non-hydrogen) atoms. The molecule has 1 aliphatic heterocycles. The van der Waals surface area contributed by atoms with Crippen molar-refractivity contribution in [2.75, 3.05) is 23.7 Å². The Labute approximate surface area is 185 Å². The van der Waals surface area contributed by atoms with Crippen LogP contribution < -0.4 is 16.4 Å². The number of aryl methyl sites for hydroxylation is 1. The summed E-state index contributed by atoms with van der Waals surface area (Å²) in [6.07, 6.45) is 11.4. The third-order valence-electron chi connectivity index (χ3n) is 6.77. The first-order valence-electron chi connectivity index (χ1n) is 10.4. The maximum absolute atomic E-state index is 6.47. The molecule has 9 heteroatoms. The molecule has 0 bridgehead atoms. The summed E-state index contributed by atoms with van der Waals surface area (Å²) in [5.41, 5.74) is 14.5. The number of nitrogen functional groups attached to an aromatic ring is 1. The van der Waals surface area contributed by atoms with E-state index in [1.54, 1.807) is 6.20 Å². The summed E-state index contributed by atoms with van der Waals surface area (Å²) in [6.45, 7) is 3.98. The molecule has 2 aliphatic rings. The van der Waals surface area contributed by atoms with Crippen LogP contribution in [0.3, 0.4) is 0 Å². The van der Waals surface area contributed by atoms with Crippen molar-refractivity contribution in [3.8, 4) is 0 Å². The summed E-state index contributed by atoms with van der Waals surface area (Å²) >= 11 is 7.90. The van der Waals surface area contributed by atoms with E-state index < -0.39 is 0 Å². The van der Waals surface area contributed by atoms with Crippen LogP contribution in [0.2, 0.25) is 5.02 Å². The van der Waals surface area contributed by atoms with Crippen LogP contribution in [-0.4, -0.2) is 38.5 Å². The van der Waals surface area contributed by atoms with E-state index in [9.17, 15) is 0 Å². The minimum atomic E-state index is 0.327. The zero-order valence-corrected chi connectivity index (χ0v) is 18.6. The van der Waals surface area contributed by atoms with Gasteiger partial charge in [-0.1, -0.05) is 29.8 Å². The Kier molecular flexibility index (Phi) is 5.03. The van der Waals surface area contributed by atoms with E-state index in [4.69, 9.17) is 28.1 Å². The number of nitrogens with two attached hydrogens (primary N) is 2. The van der Waals surface area contributed by atoms with E-state index in [-0.39, 0.29) is 0 Å². The van der Waals surface area contributed by atoms with Gasteiger partial charge in [0.15, 0.2) is 5.65 Å². The number of pyridine rings is 1. The Morgan fingerprint density at radius 3 is 2.73 bits per heavy atom. The number of piperidine rings is 1. The van der Waals surface area contributed by atoms with E-state index in [1.807, 2.05) is 25.4 Å². The van der Waals surface area contributed by atoms with Crippen molar-refractivity contribution in [2.45, 2.75) is 54.9 Å². The molecule has 0 radical (unpaired) electrons. The van der Waals surface area contributed by atoms with Crippen molar-refractivity contribution in [3.63, 3.8) is 0 Å². The molecule has 158 valence electrons. The monoisotopic (exact) mass is 443 g/mol. The van der Waals surface area contributed by atoms with Crippen LogP contribution in [0.15, 0.2) is 34.4 Å². The molecule has 4 N–H and O–H groups in total. The van der Waals surface area contributed by atoms with E-state index in [1.165, 1.54) is 24.6 Å². The Morgan fingerprint density at radius 1 is 1.20 bits per heavy atom. The number of hydrogen-bond donors (Lipinski definition) is 2. The standard InChI is InChI=1S/C21H26ClN7S/c1-13-17(30-14-4-8-25-18(24)16(14)22)19-26-9-12-29(19)20(27-13)28-10-6-21(7-11-28)5-2-3-15(21)23/h4,8-9,12,15H,2-3,5-7,10-11,23H2,1H3,(H2,24,25)/t15-/m1/s1. The summed E-state index contributed by atoms with van der Waals surface area (Å²) in [5, 5.41) is 0.463. The lowest BCUT2D eigenvalue weighted by atomic mass is 9.74. The van der Waals surface area contributed by atoms with Gasteiger partial charge in [-0.2, -0.15) is 0 Å². The highest BCUT2D eigenvalue weighted by atomic mass is 35.5. The van der Waals surface area contributed by atoms with Gasteiger partial charge in [-0.25, -0.2) is 15.0 Å². The lowest BCUT2D eigenvalue weighted by molar-refractivity contribution is 0.197. The Morgan fingerprint density at radius 2 is 2.00 bits per heavy atom. The molecule has 1 saturated heterocycles. The average molecular weight is 444 g/mol. The molecular formula is C21H26ClN7S. The highest BCUT2D eigenvalue weighted by Crippen LogP contribution is 2.46. The highest BCUT2D eigenvalue weighted by molar-refractivity contribution is 7.99. The smallest absolute Gasteiger partial charge is 0.211 e. The second-order valence-corrected chi connectivity index (χ2v) is 9.84. The fourth-order valence-corrected chi connectivity index (χ4v) is 6.17. The van der Waals surface area contributed by atoms with Crippen molar-refractivity contribution in [1.29, 1.82) is 0 Å². The zero-order valence-electron chi connectivity index (χ0n) is 17.0. The van der Waals surface area contributed by atoms with Gasteiger partial charge in [-0.15, -0.1) is 0 Å². The van der Waals surface area contributed by atoms with Gasteiger partial charge in [0.1, 0.15) is 5.82 Å². The van der Waals surface area contributed by atoms with Crippen molar-refractivity contribution in [2.24, 2.45) is 11.1 Å². The van der Waals surface area contributed by atoms with Gasteiger partial charge < -0.3 is 16.4 Å². The lowest BCUT2D eigenvalue weighted by Gasteiger charge is -2.42. The van der Waals surface area contributed by atoms with Crippen LogP contribution in [0, 0.1) is 12.3 Å². The SMILES string of the molecule is Cc1nc(N2CCC3(CCC[C@H]3N)CC2)n2ccnc2c1Sc1ccnc(N)c1Cl. The molecule has 0 aromatic carbocycles. The van der Waals surface area contributed by atoms with Crippen molar-refractivity contribution in [1.82, 2.24) is 19.4 Å². The topological polar surface area (TPSA) is 98.4 Å². The number of rotatable bonds is 3. The number of aromatic nitrogens is 4. The summed E-state index contributed by atoms with van der Waals surface area (Å²) in [7, 11) is 0. The molecule has 3 aromatic heterocycles. The highest BCUT2D eigenvalue weighted by Gasteiger charge is 2.43. The zero-order chi connectivity index (χ0) is 20.9. The van der Waals surface area contributed by atoms with Gasteiger partial charge in [0.25, 0.3) is 0 Å². The molecule has 1 spiro atoms. The van der Waals surface area contributed by atoms with Crippen LogP contribution in [-0.2, 0) is 0 Å². The quantitative estimate of drug-likeness (QED) is 0.632. The Balaban J connectivity index is 1.47. The average Bonchev–Trinajstić information content (AvgIpc) is 3.36. The van der Waals surface area contributed by atoms with Crippen LogP contribution in [0.1, 0.15) is 37.8 Å². The third kappa shape index (κ3) is 3.21. The fourth-order valence-electron chi connectivity index (χ4n) is 4.96. The fraction of sp³-hybridized carbons (Fsp3) is 0.476. The molecule has 7 nitrogen and oxygen atoms in total. The minimum Gasteiger partial charge on any atom is -0.382 e. The Bertz CT molecular complexity index is 1090. The second kappa shape index (κ2) is 7.59. The first-order chi connectivity index (χ1) is 14.5. The number of halogens is 1. The van der Waals surface area contributed by atoms with Crippen LogP contribution in [0.25, 0.3) is 5.65 Å². The number of imidazole rings is 1. The van der Waals surface area contributed by atoms with Gasteiger partial charge in [-0.05, 0) is 44.1 Å². The maximum atomic E-state index is 6.47. The van der Waals surface area contributed by atoms with Gasteiger partial charge in [0.2, 0.25) is 5.95 Å². The van der Waals surface area contributed by atoms with Crippen molar-refractivity contribution in [3.05, 3.63) is 35.4 Å². The third-order valence-corrected chi connectivity index (χ3v) is 8.52.